The van der Waals surface area contributed by atoms with Crippen LogP contribution in [-0.4, -0.2) is 58.7 Å². The summed E-state index contributed by atoms with van der Waals surface area (Å²) in [5.74, 6) is 0. The quantitative estimate of drug-likeness (QED) is 0.118. The Kier molecular flexibility index (Phi) is 13.0. The molecule has 10 heteroatoms. The molecule has 0 aliphatic carbocycles. The zero-order valence-corrected chi connectivity index (χ0v) is 24.6. The lowest BCUT2D eigenvalue weighted by Crippen LogP contribution is -2.46. The van der Waals surface area contributed by atoms with Crippen molar-refractivity contribution in [2.45, 2.75) is 63.7 Å². The van der Waals surface area contributed by atoms with E-state index in [-0.39, 0.29) is 26.4 Å². The molecule has 42 heavy (non-hydrogen) atoms. The standard InChI is InChI=1S/C32H39NO8S/c1-42(34,35)41-30(25-36-22-26-13-5-2-6-14-26)32(39-24-28-17-9-4-10-18-28)29(38-23-27-15-7-3-8-16-27)21-33-40-31-19-11-12-20-37-31/h2-10,13-18,21,29-32H,11-12,19-20,22-25H2,1H3/t29-,30+,31?,32+/m1/s1. The summed E-state index contributed by atoms with van der Waals surface area (Å²) in [4.78, 5) is 5.62. The fraction of sp³-hybridized carbons (Fsp3) is 0.406. The van der Waals surface area contributed by atoms with Gasteiger partial charge in [-0.2, -0.15) is 8.42 Å². The van der Waals surface area contributed by atoms with Crippen LogP contribution in [0.3, 0.4) is 0 Å². The van der Waals surface area contributed by atoms with Crippen LogP contribution in [0, 0.1) is 0 Å². The molecule has 9 nitrogen and oxygen atoms in total. The van der Waals surface area contributed by atoms with Crippen LogP contribution in [0.25, 0.3) is 0 Å². The SMILES string of the molecule is CS(=O)(=O)O[C@@H](COCc1ccccc1)[C@@H](OCc1ccccc1)[C@@H](C=NOC1CCCCO1)OCc1ccccc1. The lowest BCUT2D eigenvalue weighted by Gasteiger charge is -2.31. The molecule has 4 rings (SSSR count). The first kappa shape index (κ1) is 31.8. The number of benzene rings is 3. The van der Waals surface area contributed by atoms with Gasteiger partial charge in [0.25, 0.3) is 10.1 Å². The topological polar surface area (TPSA) is 102 Å². The summed E-state index contributed by atoms with van der Waals surface area (Å²) in [5, 5.41) is 4.19. The Balaban J connectivity index is 1.58. The van der Waals surface area contributed by atoms with Gasteiger partial charge < -0.3 is 23.8 Å². The average Bonchev–Trinajstić information content (AvgIpc) is 3.01. The molecule has 0 amide bonds. The molecule has 1 heterocycles. The van der Waals surface area contributed by atoms with Crippen molar-refractivity contribution in [2.75, 3.05) is 19.5 Å². The molecule has 0 aromatic heterocycles. The predicted molar refractivity (Wildman–Crippen MR) is 159 cm³/mol. The molecule has 3 aromatic carbocycles. The van der Waals surface area contributed by atoms with E-state index in [0.29, 0.717) is 6.61 Å². The molecule has 1 aliphatic heterocycles. The third kappa shape index (κ3) is 11.6. The van der Waals surface area contributed by atoms with Gasteiger partial charge in [-0.05, 0) is 29.5 Å². The zero-order valence-electron chi connectivity index (χ0n) is 23.8. The molecule has 226 valence electrons. The summed E-state index contributed by atoms with van der Waals surface area (Å²) in [5.41, 5.74) is 2.77. The van der Waals surface area contributed by atoms with Gasteiger partial charge in [-0.15, -0.1) is 0 Å². The molecule has 0 bridgehead atoms. The summed E-state index contributed by atoms with van der Waals surface area (Å²) >= 11 is 0. The first-order chi connectivity index (χ1) is 20.5. The van der Waals surface area contributed by atoms with Gasteiger partial charge in [-0.3, -0.25) is 4.18 Å². The Hall–Kier alpha value is -3.12. The maximum absolute atomic E-state index is 12.4. The van der Waals surface area contributed by atoms with Crippen LogP contribution in [0.2, 0.25) is 0 Å². The normalized spacial score (nSPS) is 18.0. The number of ether oxygens (including phenoxy) is 4. The molecule has 0 radical (unpaired) electrons. The monoisotopic (exact) mass is 597 g/mol. The maximum Gasteiger partial charge on any atom is 0.264 e. The van der Waals surface area contributed by atoms with Crippen LogP contribution in [0.1, 0.15) is 36.0 Å². The maximum atomic E-state index is 12.4. The van der Waals surface area contributed by atoms with E-state index >= 15 is 0 Å². The molecule has 1 unspecified atom stereocenters. The van der Waals surface area contributed by atoms with Crippen LogP contribution < -0.4 is 0 Å². The highest BCUT2D eigenvalue weighted by Gasteiger charge is 2.35. The van der Waals surface area contributed by atoms with Gasteiger partial charge in [0.2, 0.25) is 6.29 Å². The van der Waals surface area contributed by atoms with Crippen LogP contribution in [0.15, 0.2) is 96.2 Å². The van der Waals surface area contributed by atoms with Gasteiger partial charge in [-0.25, -0.2) is 0 Å². The zero-order chi connectivity index (χ0) is 29.5. The molecular weight excluding hydrogens is 558 g/mol. The molecule has 4 atom stereocenters. The predicted octanol–water partition coefficient (Wildman–Crippen LogP) is 5.25. The molecule has 0 N–H and O–H groups in total. The molecule has 0 spiro atoms. The van der Waals surface area contributed by atoms with Gasteiger partial charge in [-0.1, -0.05) is 96.2 Å². The summed E-state index contributed by atoms with van der Waals surface area (Å²) < 4.78 is 54.7. The highest BCUT2D eigenvalue weighted by atomic mass is 32.2. The van der Waals surface area contributed by atoms with Gasteiger partial charge in [0.15, 0.2) is 0 Å². The molecule has 1 fully saturated rings. The lowest BCUT2D eigenvalue weighted by atomic mass is 10.1. The Morgan fingerprint density at radius 2 is 1.40 bits per heavy atom. The third-order valence-electron chi connectivity index (χ3n) is 6.48. The summed E-state index contributed by atoms with van der Waals surface area (Å²) in [6.07, 6.45) is 1.89. The summed E-state index contributed by atoms with van der Waals surface area (Å²) in [7, 11) is -3.90. The van der Waals surface area contributed by atoms with E-state index in [4.69, 9.17) is 28.0 Å². The first-order valence-electron chi connectivity index (χ1n) is 14.1. The van der Waals surface area contributed by atoms with Gasteiger partial charge in [0, 0.05) is 6.42 Å². The summed E-state index contributed by atoms with van der Waals surface area (Å²) in [6.45, 7) is 1.20. The van der Waals surface area contributed by atoms with Crippen LogP contribution in [-0.2, 0) is 57.9 Å². The minimum Gasteiger partial charge on any atom is -0.374 e. The van der Waals surface area contributed by atoms with Crippen molar-refractivity contribution in [1.29, 1.82) is 0 Å². The second kappa shape index (κ2) is 17.1. The van der Waals surface area contributed by atoms with Crippen molar-refractivity contribution in [3.8, 4) is 0 Å². The lowest BCUT2D eigenvalue weighted by molar-refractivity contribution is -0.163. The molecule has 0 saturated carbocycles. The Labute approximate surface area is 248 Å². The largest absolute Gasteiger partial charge is 0.374 e. The van der Waals surface area contributed by atoms with Crippen molar-refractivity contribution in [1.82, 2.24) is 0 Å². The van der Waals surface area contributed by atoms with Crippen molar-refractivity contribution < 1.29 is 36.4 Å². The number of hydrogen-bond acceptors (Lipinski definition) is 9. The Morgan fingerprint density at radius 3 is 1.95 bits per heavy atom. The number of nitrogens with zero attached hydrogens (tertiary/aromatic N) is 1. The van der Waals surface area contributed by atoms with Crippen molar-refractivity contribution in [2.24, 2.45) is 5.16 Å². The number of hydrogen-bond donors (Lipinski definition) is 0. The van der Waals surface area contributed by atoms with Gasteiger partial charge in [0.1, 0.15) is 18.3 Å². The van der Waals surface area contributed by atoms with E-state index in [9.17, 15) is 8.42 Å². The Morgan fingerprint density at radius 1 is 0.833 bits per heavy atom. The van der Waals surface area contributed by atoms with E-state index in [2.05, 4.69) is 5.16 Å². The molecule has 1 aliphatic rings. The van der Waals surface area contributed by atoms with Crippen molar-refractivity contribution in [3.63, 3.8) is 0 Å². The molecule has 3 aromatic rings. The van der Waals surface area contributed by atoms with Crippen molar-refractivity contribution >= 4 is 16.3 Å². The second-order valence-corrected chi connectivity index (χ2v) is 11.6. The first-order valence-corrected chi connectivity index (χ1v) is 15.9. The van der Waals surface area contributed by atoms with Crippen LogP contribution in [0.4, 0.5) is 0 Å². The van der Waals surface area contributed by atoms with E-state index in [0.717, 1.165) is 42.2 Å². The van der Waals surface area contributed by atoms with Crippen LogP contribution in [0.5, 0.6) is 0 Å². The van der Waals surface area contributed by atoms with Gasteiger partial charge in [0.05, 0.1) is 45.5 Å². The van der Waals surface area contributed by atoms with Gasteiger partial charge >= 0.3 is 0 Å². The third-order valence-corrected chi connectivity index (χ3v) is 7.07. The van der Waals surface area contributed by atoms with E-state index < -0.39 is 34.7 Å². The highest BCUT2D eigenvalue weighted by molar-refractivity contribution is 7.86. The van der Waals surface area contributed by atoms with Crippen LogP contribution >= 0.6 is 0 Å². The molecule has 1 saturated heterocycles. The number of rotatable bonds is 17. The van der Waals surface area contributed by atoms with E-state index in [1.807, 2.05) is 91.0 Å². The fourth-order valence-corrected chi connectivity index (χ4v) is 5.01. The summed E-state index contributed by atoms with van der Waals surface area (Å²) in [6, 6.07) is 28.8. The Bertz CT molecular complexity index is 1290. The van der Waals surface area contributed by atoms with E-state index in [1.54, 1.807) is 0 Å². The number of oxime groups is 1. The highest BCUT2D eigenvalue weighted by Crippen LogP contribution is 2.20. The minimum absolute atomic E-state index is 0.0763. The fourth-order valence-electron chi connectivity index (χ4n) is 4.40. The smallest absolute Gasteiger partial charge is 0.264 e. The average molecular weight is 598 g/mol. The van der Waals surface area contributed by atoms with Crippen molar-refractivity contribution in [3.05, 3.63) is 108 Å². The van der Waals surface area contributed by atoms with E-state index in [1.165, 1.54) is 6.21 Å². The second-order valence-electron chi connectivity index (χ2n) is 10.0. The molecular formula is C32H39NO8S. The minimum atomic E-state index is -3.90.